The lowest BCUT2D eigenvalue weighted by Crippen LogP contribution is -2.38. The van der Waals surface area contributed by atoms with Gasteiger partial charge in [0.25, 0.3) is 5.91 Å². The molecule has 0 aliphatic heterocycles. The third kappa shape index (κ3) is 2.59. The quantitative estimate of drug-likeness (QED) is 0.765. The first-order valence-corrected chi connectivity index (χ1v) is 5.01. The SMILES string of the molecule is CCc1nn(C)cc1C(=O)N[C@H](C)C(=O)O. The first kappa shape index (κ1) is 12.2. The van der Waals surface area contributed by atoms with Crippen LogP contribution in [-0.2, 0) is 18.3 Å². The summed E-state index contributed by atoms with van der Waals surface area (Å²) in [6.45, 7) is 3.31. The lowest BCUT2D eigenvalue weighted by atomic mass is 10.2. The summed E-state index contributed by atoms with van der Waals surface area (Å²) in [6, 6.07) is -0.905. The molecular weight excluding hydrogens is 210 g/mol. The van der Waals surface area contributed by atoms with Gasteiger partial charge in [-0.2, -0.15) is 5.10 Å². The number of hydrogen-bond acceptors (Lipinski definition) is 3. The molecule has 0 bridgehead atoms. The average Bonchev–Trinajstić information content (AvgIpc) is 2.59. The van der Waals surface area contributed by atoms with Crippen molar-refractivity contribution >= 4 is 11.9 Å². The first-order chi connectivity index (χ1) is 7.45. The van der Waals surface area contributed by atoms with Crippen LogP contribution in [0, 0.1) is 0 Å². The molecule has 0 unspecified atom stereocenters. The van der Waals surface area contributed by atoms with Crippen molar-refractivity contribution in [2.75, 3.05) is 0 Å². The Bertz CT molecular complexity index is 411. The van der Waals surface area contributed by atoms with E-state index < -0.39 is 17.9 Å². The molecule has 1 amide bonds. The van der Waals surface area contributed by atoms with E-state index in [4.69, 9.17) is 5.11 Å². The Labute approximate surface area is 93.3 Å². The lowest BCUT2D eigenvalue weighted by Gasteiger charge is -2.08. The molecule has 1 aromatic heterocycles. The van der Waals surface area contributed by atoms with E-state index in [1.807, 2.05) is 6.92 Å². The smallest absolute Gasteiger partial charge is 0.325 e. The molecule has 0 aliphatic rings. The molecule has 6 nitrogen and oxygen atoms in total. The molecule has 1 atom stereocenters. The van der Waals surface area contributed by atoms with Crippen molar-refractivity contribution in [1.29, 1.82) is 0 Å². The number of nitrogens with zero attached hydrogens (tertiary/aromatic N) is 2. The number of carboxylic acids is 1. The fraction of sp³-hybridized carbons (Fsp3) is 0.500. The van der Waals surface area contributed by atoms with E-state index in [-0.39, 0.29) is 0 Å². The number of carbonyl (C=O) groups is 2. The predicted octanol–water partition coefficient (Wildman–Crippen LogP) is 0.185. The maximum absolute atomic E-state index is 11.7. The molecule has 0 spiro atoms. The van der Waals surface area contributed by atoms with Gasteiger partial charge in [-0.1, -0.05) is 6.92 Å². The first-order valence-electron chi connectivity index (χ1n) is 5.01. The van der Waals surface area contributed by atoms with E-state index in [0.717, 1.165) is 0 Å². The van der Waals surface area contributed by atoms with Crippen LogP contribution >= 0.6 is 0 Å². The molecule has 0 fully saturated rings. The van der Waals surface area contributed by atoms with Gasteiger partial charge >= 0.3 is 5.97 Å². The Kier molecular flexibility index (Phi) is 3.65. The number of aliphatic carboxylic acids is 1. The highest BCUT2D eigenvalue weighted by molar-refractivity contribution is 5.97. The van der Waals surface area contributed by atoms with Gasteiger partial charge < -0.3 is 10.4 Å². The fourth-order valence-electron chi connectivity index (χ4n) is 1.32. The molecule has 6 heteroatoms. The molecule has 0 saturated carbocycles. The van der Waals surface area contributed by atoms with Crippen molar-refractivity contribution in [3.05, 3.63) is 17.5 Å². The number of aryl methyl sites for hydroxylation is 2. The summed E-state index contributed by atoms with van der Waals surface area (Å²) in [4.78, 5) is 22.3. The van der Waals surface area contributed by atoms with Gasteiger partial charge in [0.2, 0.25) is 0 Å². The largest absolute Gasteiger partial charge is 0.480 e. The summed E-state index contributed by atoms with van der Waals surface area (Å²) in [6.07, 6.45) is 2.22. The van der Waals surface area contributed by atoms with E-state index in [9.17, 15) is 9.59 Å². The number of amides is 1. The second kappa shape index (κ2) is 4.78. The fourth-order valence-corrected chi connectivity index (χ4v) is 1.32. The van der Waals surface area contributed by atoms with Gasteiger partial charge in [-0.3, -0.25) is 14.3 Å². The monoisotopic (exact) mass is 225 g/mol. The lowest BCUT2D eigenvalue weighted by molar-refractivity contribution is -0.138. The molecule has 0 radical (unpaired) electrons. The van der Waals surface area contributed by atoms with Gasteiger partial charge in [0, 0.05) is 13.2 Å². The van der Waals surface area contributed by atoms with E-state index in [2.05, 4.69) is 10.4 Å². The molecular formula is C10H15N3O3. The summed E-state index contributed by atoms with van der Waals surface area (Å²) in [5.74, 6) is -1.46. The van der Waals surface area contributed by atoms with Crippen molar-refractivity contribution in [2.45, 2.75) is 26.3 Å². The van der Waals surface area contributed by atoms with Crippen LogP contribution in [0.5, 0.6) is 0 Å². The molecule has 1 rings (SSSR count). The Morgan fingerprint density at radius 1 is 1.62 bits per heavy atom. The summed E-state index contributed by atoms with van der Waals surface area (Å²) in [7, 11) is 1.72. The molecule has 1 heterocycles. The Morgan fingerprint density at radius 2 is 2.25 bits per heavy atom. The third-order valence-electron chi connectivity index (χ3n) is 2.20. The van der Waals surface area contributed by atoms with Gasteiger partial charge in [0.1, 0.15) is 6.04 Å². The van der Waals surface area contributed by atoms with Crippen LogP contribution in [0.2, 0.25) is 0 Å². The van der Waals surface area contributed by atoms with Crippen LogP contribution in [0.25, 0.3) is 0 Å². The summed E-state index contributed by atoms with van der Waals surface area (Å²) in [5.41, 5.74) is 1.09. The second-order valence-corrected chi connectivity index (χ2v) is 3.55. The Morgan fingerprint density at radius 3 is 2.75 bits per heavy atom. The standard InChI is InChI=1S/C10H15N3O3/c1-4-8-7(5-13(3)12-8)9(14)11-6(2)10(15)16/h5-6H,4H2,1-3H3,(H,11,14)(H,15,16)/t6-/m1/s1. The van der Waals surface area contributed by atoms with Crippen molar-refractivity contribution in [1.82, 2.24) is 15.1 Å². The minimum absolute atomic E-state index is 0.403. The van der Waals surface area contributed by atoms with Gasteiger partial charge in [0.15, 0.2) is 0 Å². The number of aromatic nitrogens is 2. The van der Waals surface area contributed by atoms with Gasteiger partial charge in [-0.25, -0.2) is 0 Å². The predicted molar refractivity (Wildman–Crippen MR) is 57.2 cm³/mol. The molecule has 0 aliphatic carbocycles. The summed E-state index contributed by atoms with van der Waals surface area (Å²) < 4.78 is 1.54. The highest BCUT2D eigenvalue weighted by Crippen LogP contribution is 2.07. The maximum Gasteiger partial charge on any atom is 0.325 e. The van der Waals surface area contributed by atoms with Crippen LogP contribution in [0.1, 0.15) is 29.9 Å². The molecule has 2 N–H and O–H groups in total. The van der Waals surface area contributed by atoms with Gasteiger partial charge in [-0.15, -0.1) is 0 Å². The minimum Gasteiger partial charge on any atom is -0.480 e. The zero-order valence-electron chi connectivity index (χ0n) is 9.52. The van der Waals surface area contributed by atoms with Gasteiger partial charge in [-0.05, 0) is 13.3 Å². The van der Waals surface area contributed by atoms with Crippen molar-refractivity contribution in [3.63, 3.8) is 0 Å². The number of hydrogen-bond donors (Lipinski definition) is 2. The number of rotatable bonds is 4. The summed E-state index contributed by atoms with van der Waals surface area (Å²) in [5, 5.41) is 15.2. The molecule has 0 saturated heterocycles. The Hall–Kier alpha value is -1.85. The zero-order chi connectivity index (χ0) is 12.3. The van der Waals surface area contributed by atoms with Crippen LogP contribution in [0.3, 0.4) is 0 Å². The van der Waals surface area contributed by atoms with Crippen LogP contribution in [0.15, 0.2) is 6.20 Å². The number of carbonyl (C=O) groups excluding carboxylic acids is 1. The zero-order valence-corrected chi connectivity index (χ0v) is 9.52. The van der Waals surface area contributed by atoms with E-state index >= 15 is 0 Å². The summed E-state index contributed by atoms with van der Waals surface area (Å²) >= 11 is 0. The third-order valence-corrected chi connectivity index (χ3v) is 2.20. The normalized spacial score (nSPS) is 12.2. The minimum atomic E-state index is -1.06. The highest BCUT2D eigenvalue weighted by atomic mass is 16.4. The number of carboxylic acid groups (broad SMARTS) is 1. The Balaban J connectivity index is 2.84. The molecule has 88 valence electrons. The second-order valence-electron chi connectivity index (χ2n) is 3.55. The van der Waals surface area contributed by atoms with Gasteiger partial charge in [0.05, 0.1) is 11.3 Å². The van der Waals surface area contributed by atoms with Crippen LogP contribution < -0.4 is 5.32 Å². The van der Waals surface area contributed by atoms with Crippen LogP contribution in [0.4, 0.5) is 0 Å². The average molecular weight is 225 g/mol. The topological polar surface area (TPSA) is 84.2 Å². The number of nitrogens with one attached hydrogen (secondary N) is 1. The molecule has 0 aromatic carbocycles. The van der Waals surface area contributed by atoms with E-state index in [1.165, 1.54) is 6.92 Å². The van der Waals surface area contributed by atoms with E-state index in [0.29, 0.717) is 17.7 Å². The highest BCUT2D eigenvalue weighted by Gasteiger charge is 2.19. The van der Waals surface area contributed by atoms with Crippen molar-refractivity contribution < 1.29 is 14.7 Å². The maximum atomic E-state index is 11.7. The van der Waals surface area contributed by atoms with Crippen LogP contribution in [-0.4, -0.2) is 32.8 Å². The van der Waals surface area contributed by atoms with Crippen molar-refractivity contribution in [3.8, 4) is 0 Å². The van der Waals surface area contributed by atoms with E-state index in [1.54, 1.807) is 17.9 Å². The van der Waals surface area contributed by atoms with Crippen molar-refractivity contribution in [2.24, 2.45) is 7.05 Å². The molecule has 16 heavy (non-hydrogen) atoms. The molecule has 1 aromatic rings.